The van der Waals surface area contributed by atoms with E-state index in [1.54, 1.807) is 6.07 Å². The van der Waals surface area contributed by atoms with Crippen LogP contribution in [0.5, 0.6) is 11.5 Å². The van der Waals surface area contributed by atoms with E-state index < -0.39 is 0 Å². The topological polar surface area (TPSA) is 40.6 Å². The highest BCUT2D eigenvalue weighted by molar-refractivity contribution is 6.33. The second-order valence-electron chi connectivity index (χ2n) is 7.11. The fourth-order valence-corrected chi connectivity index (χ4v) is 3.66. The van der Waals surface area contributed by atoms with Crippen molar-refractivity contribution in [3.8, 4) is 11.5 Å². The average Bonchev–Trinajstić information content (AvgIpc) is 2.81. The molecule has 0 bridgehead atoms. The molecule has 0 N–H and O–H groups in total. The number of benzene rings is 4. The number of diazo groups is 1. The van der Waals surface area contributed by atoms with Gasteiger partial charge in [-0.3, -0.25) is 0 Å². The summed E-state index contributed by atoms with van der Waals surface area (Å²) in [6.07, 6.45) is 0. The molecule has 0 fully saturated rings. The van der Waals surface area contributed by atoms with Gasteiger partial charge in [-0.25, -0.2) is 0 Å². The third kappa shape index (κ3) is 5.79. The maximum absolute atomic E-state index is 9.49. The molecule has 0 atom stereocenters. The first-order chi connectivity index (χ1) is 15.2. The van der Waals surface area contributed by atoms with Crippen LogP contribution in [-0.2, 0) is 13.1 Å². The van der Waals surface area contributed by atoms with Gasteiger partial charge in [0.2, 0.25) is 11.1 Å². The van der Waals surface area contributed by atoms with Crippen molar-refractivity contribution in [1.29, 1.82) is 5.39 Å². The van der Waals surface area contributed by atoms with Crippen molar-refractivity contribution in [3.63, 3.8) is 0 Å². The fraction of sp³-hybridized carbons (Fsp3) is 0.0769. The van der Waals surface area contributed by atoms with Crippen molar-refractivity contribution in [3.05, 3.63) is 124 Å². The molecule has 32 heavy (non-hydrogen) atoms. The Kier molecular flexibility index (Phi) is 8.10. The lowest BCUT2D eigenvalue weighted by atomic mass is 10.1. The molecule has 4 rings (SSSR count). The van der Waals surface area contributed by atoms with Gasteiger partial charge < -0.3 is 22.0 Å². The van der Waals surface area contributed by atoms with E-state index in [0.717, 1.165) is 16.8 Å². The SMILES string of the molecule is N#[N+]c1cc(Cl)c(N(Cc2ccccc2)Cc2ccccc2)cc1Oc1ccccc1.[Cl-]. The highest BCUT2D eigenvalue weighted by Gasteiger charge is 2.23. The number of para-hydroxylation sites is 1. The fourth-order valence-electron chi connectivity index (χ4n) is 3.38. The Morgan fingerprint density at radius 2 is 1.25 bits per heavy atom. The Balaban J connectivity index is 0.00000289. The van der Waals surface area contributed by atoms with Gasteiger partial charge in [-0.1, -0.05) is 90.5 Å². The first-order valence-electron chi connectivity index (χ1n) is 9.97. The minimum absolute atomic E-state index is 0. The Morgan fingerprint density at radius 3 is 1.75 bits per heavy atom. The van der Waals surface area contributed by atoms with E-state index in [2.05, 4.69) is 34.1 Å². The lowest BCUT2D eigenvalue weighted by Crippen LogP contribution is -3.00. The van der Waals surface area contributed by atoms with Gasteiger partial charge in [0.05, 0.1) is 16.8 Å². The summed E-state index contributed by atoms with van der Waals surface area (Å²) in [5, 5.41) is 9.98. The predicted molar refractivity (Wildman–Crippen MR) is 125 cm³/mol. The lowest BCUT2D eigenvalue weighted by Gasteiger charge is -2.26. The van der Waals surface area contributed by atoms with E-state index in [-0.39, 0.29) is 18.1 Å². The summed E-state index contributed by atoms with van der Waals surface area (Å²) in [5.41, 5.74) is 3.40. The Hall–Kier alpha value is -3.52. The molecule has 0 spiro atoms. The number of anilines is 1. The van der Waals surface area contributed by atoms with Crippen molar-refractivity contribution in [2.24, 2.45) is 0 Å². The van der Waals surface area contributed by atoms with Gasteiger partial charge in [-0.05, 0) is 23.3 Å². The van der Waals surface area contributed by atoms with Crippen molar-refractivity contribution >= 4 is 23.0 Å². The van der Waals surface area contributed by atoms with Crippen LogP contribution >= 0.6 is 11.6 Å². The summed E-state index contributed by atoms with van der Waals surface area (Å²) >= 11 is 6.64. The number of halogens is 2. The number of hydrogen-bond donors (Lipinski definition) is 0. The number of ether oxygens (including phenoxy) is 1. The Labute approximate surface area is 199 Å². The quantitative estimate of drug-likeness (QED) is 0.370. The molecule has 0 unspecified atom stereocenters. The molecule has 0 heterocycles. The molecule has 4 aromatic rings. The Morgan fingerprint density at radius 1 is 0.750 bits per heavy atom. The van der Waals surface area contributed by atoms with E-state index in [9.17, 15) is 5.39 Å². The van der Waals surface area contributed by atoms with Crippen molar-refractivity contribution < 1.29 is 17.1 Å². The van der Waals surface area contributed by atoms with Gasteiger partial charge in [0.1, 0.15) is 5.75 Å². The zero-order valence-corrected chi connectivity index (χ0v) is 18.7. The molecule has 0 saturated carbocycles. The summed E-state index contributed by atoms with van der Waals surface area (Å²) in [6, 6.07) is 33.3. The van der Waals surface area contributed by atoms with E-state index in [1.165, 1.54) is 0 Å². The highest BCUT2D eigenvalue weighted by Crippen LogP contribution is 2.41. The summed E-state index contributed by atoms with van der Waals surface area (Å²) in [4.78, 5) is 5.55. The van der Waals surface area contributed by atoms with Crippen LogP contribution < -0.4 is 22.0 Å². The van der Waals surface area contributed by atoms with Gasteiger partial charge in [-0.2, -0.15) is 0 Å². The van der Waals surface area contributed by atoms with Crippen LogP contribution in [0.3, 0.4) is 0 Å². The van der Waals surface area contributed by atoms with Crippen LogP contribution in [0.1, 0.15) is 11.1 Å². The highest BCUT2D eigenvalue weighted by atomic mass is 35.5. The van der Waals surface area contributed by atoms with E-state index >= 15 is 0 Å². The average molecular weight is 462 g/mol. The number of hydrogen-bond acceptors (Lipinski definition) is 3. The van der Waals surface area contributed by atoms with Gasteiger partial charge in [0.15, 0.2) is 4.98 Å². The van der Waals surface area contributed by atoms with Crippen LogP contribution in [0.4, 0.5) is 11.4 Å². The molecular weight excluding hydrogens is 441 g/mol. The van der Waals surface area contributed by atoms with Crippen molar-refractivity contribution in [2.75, 3.05) is 4.90 Å². The third-order valence-corrected chi connectivity index (χ3v) is 5.18. The molecule has 0 aliphatic heterocycles. The molecule has 0 saturated heterocycles. The summed E-state index contributed by atoms with van der Waals surface area (Å²) < 4.78 is 6.01. The minimum Gasteiger partial charge on any atom is -1.00 e. The van der Waals surface area contributed by atoms with Gasteiger partial charge in [-0.15, -0.1) is 0 Å². The number of rotatable bonds is 7. The van der Waals surface area contributed by atoms with Crippen LogP contribution in [0.2, 0.25) is 5.02 Å². The molecule has 0 aromatic heterocycles. The molecule has 4 aromatic carbocycles. The normalized spacial score (nSPS) is 10.0. The molecule has 160 valence electrons. The van der Waals surface area contributed by atoms with E-state index in [4.69, 9.17) is 16.3 Å². The van der Waals surface area contributed by atoms with Crippen LogP contribution in [0, 0.1) is 5.39 Å². The largest absolute Gasteiger partial charge is 1.00 e. The van der Waals surface area contributed by atoms with Crippen LogP contribution in [-0.4, -0.2) is 0 Å². The van der Waals surface area contributed by atoms with Gasteiger partial charge >= 0.3 is 5.69 Å². The molecule has 6 heteroatoms. The molecular formula is C26H21Cl2N3O. The van der Waals surface area contributed by atoms with Crippen molar-refractivity contribution in [2.45, 2.75) is 13.1 Å². The summed E-state index contributed by atoms with van der Waals surface area (Å²) in [6.45, 7) is 1.33. The summed E-state index contributed by atoms with van der Waals surface area (Å²) in [5.74, 6) is 1.08. The van der Waals surface area contributed by atoms with E-state index in [0.29, 0.717) is 29.6 Å². The molecule has 0 radical (unpaired) electrons. The zero-order chi connectivity index (χ0) is 21.5. The lowest BCUT2D eigenvalue weighted by molar-refractivity contribution is -0.00000674. The van der Waals surface area contributed by atoms with Gasteiger partial charge in [0, 0.05) is 19.2 Å². The maximum Gasteiger partial charge on any atom is 0.428 e. The third-order valence-electron chi connectivity index (χ3n) is 4.88. The first-order valence-corrected chi connectivity index (χ1v) is 10.3. The molecule has 0 aliphatic rings. The monoisotopic (exact) mass is 461 g/mol. The minimum atomic E-state index is 0. The standard InChI is InChI=1S/C26H21ClN3O.ClH/c27-23-16-24(29-28)26(31-22-14-8-3-9-15-22)17-25(23)30(18-20-10-4-1-5-11-20)19-21-12-6-2-7-13-21;/h1-17H,18-19H2;1H/q+1;/p-1. The first kappa shape index (κ1) is 23.1. The van der Waals surface area contributed by atoms with E-state index in [1.807, 2.05) is 72.8 Å². The molecule has 0 amide bonds. The Bertz CT molecular complexity index is 1140. The van der Waals surface area contributed by atoms with Crippen molar-refractivity contribution in [1.82, 2.24) is 0 Å². The maximum atomic E-state index is 9.49. The second-order valence-corrected chi connectivity index (χ2v) is 7.52. The zero-order valence-electron chi connectivity index (χ0n) is 17.2. The van der Waals surface area contributed by atoms with Crippen LogP contribution in [0.25, 0.3) is 4.98 Å². The predicted octanol–water partition coefficient (Wildman–Crippen LogP) is 4.83. The number of nitrogens with zero attached hydrogens (tertiary/aromatic N) is 3. The smallest absolute Gasteiger partial charge is 0.428 e. The summed E-state index contributed by atoms with van der Waals surface area (Å²) in [7, 11) is 0. The molecule has 0 aliphatic carbocycles. The van der Waals surface area contributed by atoms with Crippen LogP contribution in [0.15, 0.2) is 103 Å². The second kappa shape index (κ2) is 11.2. The van der Waals surface area contributed by atoms with Gasteiger partial charge in [0.25, 0.3) is 0 Å². The molecule has 4 nitrogen and oxygen atoms in total.